The highest BCUT2D eigenvalue weighted by atomic mass is 16.5. The molecule has 0 bridgehead atoms. The van der Waals surface area contributed by atoms with E-state index in [1.807, 2.05) is 24.6 Å². The van der Waals surface area contributed by atoms with Crippen LogP contribution in [-0.2, 0) is 4.74 Å². The van der Waals surface area contributed by atoms with E-state index in [0.717, 1.165) is 48.0 Å². The van der Waals surface area contributed by atoms with E-state index in [2.05, 4.69) is 5.10 Å². The first kappa shape index (κ1) is 13.1. The minimum atomic E-state index is -0.898. The highest BCUT2D eigenvalue weighted by Crippen LogP contribution is 2.30. The molecule has 1 aliphatic rings. The van der Waals surface area contributed by atoms with E-state index < -0.39 is 5.97 Å². The molecule has 1 aromatic carbocycles. The second kappa shape index (κ2) is 4.90. The van der Waals surface area contributed by atoms with Gasteiger partial charge < -0.3 is 9.84 Å². The van der Waals surface area contributed by atoms with Crippen molar-refractivity contribution >= 4 is 16.9 Å². The van der Waals surface area contributed by atoms with Gasteiger partial charge in [0.15, 0.2) is 6.23 Å². The second-order valence-electron chi connectivity index (χ2n) is 5.29. The van der Waals surface area contributed by atoms with Gasteiger partial charge in [0.2, 0.25) is 0 Å². The summed E-state index contributed by atoms with van der Waals surface area (Å²) in [5.74, 6) is -0.898. The largest absolute Gasteiger partial charge is 0.478 e. The number of nitrogens with zero attached hydrogens (tertiary/aromatic N) is 2. The average molecular weight is 274 g/mol. The van der Waals surface area contributed by atoms with Gasteiger partial charge in [-0.05, 0) is 50.8 Å². The lowest BCUT2D eigenvalue weighted by Crippen LogP contribution is -2.19. The van der Waals surface area contributed by atoms with Crippen LogP contribution in [0.1, 0.15) is 47.1 Å². The Morgan fingerprint density at radius 1 is 1.40 bits per heavy atom. The third-order valence-corrected chi connectivity index (χ3v) is 3.97. The van der Waals surface area contributed by atoms with Crippen molar-refractivity contribution in [2.45, 2.75) is 39.3 Å². The molecule has 1 aliphatic heterocycles. The summed E-state index contributed by atoms with van der Waals surface area (Å²) >= 11 is 0. The topological polar surface area (TPSA) is 64.4 Å². The molecule has 1 unspecified atom stereocenters. The molecule has 1 aromatic heterocycles. The molecule has 20 heavy (non-hydrogen) atoms. The number of aromatic nitrogens is 2. The number of carboxylic acids is 1. The molecular weight excluding hydrogens is 256 g/mol. The van der Waals surface area contributed by atoms with Crippen molar-refractivity contribution in [3.05, 3.63) is 29.0 Å². The number of aryl methyl sites for hydroxylation is 2. The van der Waals surface area contributed by atoms with E-state index in [1.165, 1.54) is 0 Å². The summed E-state index contributed by atoms with van der Waals surface area (Å²) in [4.78, 5) is 11.2. The van der Waals surface area contributed by atoms with Gasteiger partial charge in [-0.3, -0.25) is 0 Å². The summed E-state index contributed by atoms with van der Waals surface area (Å²) in [6.07, 6.45) is 3.15. The minimum absolute atomic E-state index is 0.0324. The number of aromatic carboxylic acids is 1. The van der Waals surface area contributed by atoms with Gasteiger partial charge in [-0.2, -0.15) is 5.10 Å². The van der Waals surface area contributed by atoms with Crippen LogP contribution in [0.3, 0.4) is 0 Å². The predicted octanol–water partition coefficient (Wildman–Crippen LogP) is 3.05. The molecule has 1 saturated heterocycles. The zero-order valence-corrected chi connectivity index (χ0v) is 11.7. The lowest BCUT2D eigenvalue weighted by atomic mass is 10.0. The smallest absolute Gasteiger partial charge is 0.335 e. The molecule has 1 N–H and O–H groups in total. The third-order valence-electron chi connectivity index (χ3n) is 3.97. The molecule has 1 fully saturated rings. The van der Waals surface area contributed by atoms with E-state index in [1.54, 1.807) is 6.07 Å². The number of benzene rings is 1. The van der Waals surface area contributed by atoms with Crippen molar-refractivity contribution < 1.29 is 14.6 Å². The van der Waals surface area contributed by atoms with Crippen molar-refractivity contribution in [1.82, 2.24) is 9.78 Å². The molecule has 1 atom stereocenters. The second-order valence-corrected chi connectivity index (χ2v) is 5.29. The van der Waals surface area contributed by atoms with Gasteiger partial charge in [-0.1, -0.05) is 0 Å². The number of rotatable bonds is 2. The van der Waals surface area contributed by atoms with Gasteiger partial charge in [0.05, 0.1) is 16.8 Å². The Bertz CT molecular complexity index is 669. The van der Waals surface area contributed by atoms with Crippen molar-refractivity contribution in [3.8, 4) is 0 Å². The first-order chi connectivity index (χ1) is 9.59. The number of hydrogen-bond donors (Lipinski definition) is 1. The predicted molar refractivity (Wildman–Crippen MR) is 75.0 cm³/mol. The number of ether oxygens (including phenoxy) is 1. The molecule has 0 aliphatic carbocycles. The molecule has 3 rings (SSSR count). The first-order valence-electron chi connectivity index (χ1n) is 6.93. The van der Waals surface area contributed by atoms with Crippen LogP contribution in [0.25, 0.3) is 10.9 Å². The average Bonchev–Trinajstić information content (AvgIpc) is 2.78. The molecule has 5 nitrogen and oxygen atoms in total. The van der Waals surface area contributed by atoms with Crippen LogP contribution < -0.4 is 0 Å². The van der Waals surface area contributed by atoms with E-state index in [0.29, 0.717) is 5.56 Å². The maximum absolute atomic E-state index is 11.2. The van der Waals surface area contributed by atoms with Gasteiger partial charge in [0.1, 0.15) is 0 Å². The molecule has 0 amide bonds. The summed E-state index contributed by atoms with van der Waals surface area (Å²) in [5, 5.41) is 14.7. The van der Waals surface area contributed by atoms with Crippen molar-refractivity contribution in [2.24, 2.45) is 0 Å². The fourth-order valence-corrected chi connectivity index (χ4v) is 2.98. The van der Waals surface area contributed by atoms with Crippen LogP contribution >= 0.6 is 0 Å². The van der Waals surface area contributed by atoms with Crippen LogP contribution in [0.15, 0.2) is 12.1 Å². The zero-order chi connectivity index (χ0) is 14.3. The highest BCUT2D eigenvalue weighted by molar-refractivity contribution is 5.97. The lowest BCUT2D eigenvalue weighted by Gasteiger charge is -2.23. The summed E-state index contributed by atoms with van der Waals surface area (Å²) in [5.41, 5.74) is 2.92. The number of carbonyl (C=O) groups is 1. The summed E-state index contributed by atoms with van der Waals surface area (Å²) in [7, 11) is 0. The fourth-order valence-electron chi connectivity index (χ4n) is 2.98. The maximum atomic E-state index is 11.2. The first-order valence-corrected chi connectivity index (χ1v) is 6.93. The molecule has 106 valence electrons. The molecule has 0 saturated carbocycles. The van der Waals surface area contributed by atoms with Gasteiger partial charge in [-0.25, -0.2) is 9.48 Å². The van der Waals surface area contributed by atoms with E-state index >= 15 is 0 Å². The van der Waals surface area contributed by atoms with E-state index in [9.17, 15) is 9.90 Å². The number of hydrogen-bond acceptors (Lipinski definition) is 3. The maximum Gasteiger partial charge on any atom is 0.335 e. The molecule has 2 aromatic rings. The van der Waals surface area contributed by atoms with Crippen LogP contribution in [-0.4, -0.2) is 27.5 Å². The lowest BCUT2D eigenvalue weighted by molar-refractivity contribution is -0.0368. The monoisotopic (exact) mass is 274 g/mol. The minimum Gasteiger partial charge on any atom is -0.478 e. The van der Waals surface area contributed by atoms with Crippen LogP contribution in [0.4, 0.5) is 0 Å². The van der Waals surface area contributed by atoms with E-state index in [4.69, 9.17) is 4.74 Å². The molecule has 0 spiro atoms. The van der Waals surface area contributed by atoms with Crippen LogP contribution in [0.2, 0.25) is 0 Å². The zero-order valence-electron chi connectivity index (χ0n) is 11.7. The SMILES string of the molecule is Cc1nn(C2CCCCO2)c2ccc(C(=O)O)c(C)c12. The highest BCUT2D eigenvalue weighted by Gasteiger charge is 2.22. The summed E-state index contributed by atoms with van der Waals surface area (Å²) in [6, 6.07) is 3.49. The Morgan fingerprint density at radius 3 is 2.85 bits per heavy atom. The Labute approximate surface area is 117 Å². The fraction of sp³-hybridized carbons (Fsp3) is 0.467. The normalized spacial score (nSPS) is 19.4. The van der Waals surface area contributed by atoms with Crippen molar-refractivity contribution in [2.75, 3.05) is 6.61 Å². The van der Waals surface area contributed by atoms with Crippen LogP contribution in [0.5, 0.6) is 0 Å². The van der Waals surface area contributed by atoms with Gasteiger partial charge in [-0.15, -0.1) is 0 Å². The quantitative estimate of drug-likeness (QED) is 0.914. The van der Waals surface area contributed by atoms with Crippen LogP contribution in [0, 0.1) is 13.8 Å². The van der Waals surface area contributed by atoms with Gasteiger partial charge in [0.25, 0.3) is 0 Å². The Kier molecular flexibility index (Phi) is 3.22. The standard InChI is InChI=1S/C15H18N2O3/c1-9-11(15(18)19)6-7-12-14(9)10(2)16-17(12)13-5-3-4-8-20-13/h6-7,13H,3-5,8H2,1-2H3,(H,18,19). The third kappa shape index (κ3) is 1.98. The van der Waals surface area contributed by atoms with E-state index in [-0.39, 0.29) is 6.23 Å². The Hall–Kier alpha value is -1.88. The number of fused-ring (bicyclic) bond motifs is 1. The molecule has 5 heteroatoms. The molecular formula is C15H18N2O3. The van der Waals surface area contributed by atoms with Gasteiger partial charge >= 0.3 is 5.97 Å². The summed E-state index contributed by atoms with van der Waals surface area (Å²) in [6.45, 7) is 4.52. The molecule has 0 radical (unpaired) electrons. The Morgan fingerprint density at radius 2 is 2.20 bits per heavy atom. The van der Waals surface area contributed by atoms with Crippen molar-refractivity contribution in [1.29, 1.82) is 0 Å². The number of carboxylic acid groups (broad SMARTS) is 1. The van der Waals surface area contributed by atoms with Gasteiger partial charge in [0, 0.05) is 12.0 Å². The van der Waals surface area contributed by atoms with Crippen molar-refractivity contribution in [3.63, 3.8) is 0 Å². The molecule has 2 heterocycles. The summed E-state index contributed by atoms with van der Waals surface area (Å²) < 4.78 is 7.69. The Balaban J connectivity index is 2.16.